The Kier molecular flexibility index (Phi) is 3.31. The molecule has 4 nitrogen and oxygen atoms in total. The Bertz CT molecular complexity index is 884. The first-order chi connectivity index (χ1) is 12.2. The summed E-state index contributed by atoms with van der Waals surface area (Å²) < 4.78 is 20.7. The predicted molar refractivity (Wildman–Crippen MR) is 92.4 cm³/mol. The molecule has 2 aliphatic rings. The summed E-state index contributed by atoms with van der Waals surface area (Å²) in [6, 6.07) is 8.75. The van der Waals surface area contributed by atoms with Gasteiger partial charge in [0.25, 0.3) is 0 Å². The van der Waals surface area contributed by atoms with Crippen LogP contribution in [0.25, 0.3) is 11.3 Å². The Labute approximate surface area is 145 Å². The summed E-state index contributed by atoms with van der Waals surface area (Å²) in [7, 11) is 0. The van der Waals surface area contributed by atoms with Crippen LogP contribution in [0.4, 0.5) is 4.39 Å². The number of benzene rings is 1. The molecule has 1 saturated heterocycles. The van der Waals surface area contributed by atoms with E-state index < -0.39 is 0 Å². The van der Waals surface area contributed by atoms with Gasteiger partial charge in [0.15, 0.2) is 0 Å². The first-order valence-electron chi connectivity index (χ1n) is 8.75. The quantitative estimate of drug-likeness (QED) is 0.730. The normalized spacial score (nSPS) is 22.8. The van der Waals surface area contributed by atoms with Gasteiger partial charge >= 0.3 is 0 Å². The third kappa shape index (κ3) is 2.59. The standard InChI is InChI=1S/C20H20FN3O/c21-17-3-1-16(2-4-17)18-10-22-19-9-20(14-24(18)19)6-7-23(13-20)11-15-5-8-25-12-15/h1-5,8,10,12H,6-7,9,11,13-14H2/t20-/m1/s1. The summed E-state index contributed by atoms with van der Waals surface area (Å²) in [4.78, 5) is 7.16. The Morgan fingerprint density at radius 2 is 2.04 bits per heavy atom. The van der Waals surface area contributed by atoms with E-state index in [4.69, 9.17) is 4.42 Å². The Morgan fingerprint density at radius 1 is 1.16 bits per heavy atom. The Hall–Kier alpha value is -2.40. The molecule has 1 fully saturated rings. The highest BCUT2D eigenvalue weighted by Crippen LogP contribution is 2.42. The Morgan fingerprint density at radius 3 is 2.84 bits per heavy atom. The van der Waals surface area contributed by atoms with Crippen LogP contribution in [0.15, 0.2) is 53.5 Å². The highest BCUT2D eigenvalue weighted by molar-refractivity contribution is 5.59. The van der Waals surface area contributed by atoms with Gasteiger partial charge in [0.1, 0.15) is 11.6 Å². The first kappa shape index (κ1) is 14.9. The molecule has 25 heavy (non-hydrogen) atoms. The van der Waals surface area contributed by atoms with Crippen LogP contribution in [0.1, 0.15) is 17.8 Å². The minimum atomic E-state index is -0.202. The van der Waals surface area contributed by atoms with Gasteiger partial charge in [-0.2, -0.15) is 0 Å². The van der Waals surface area contributed by atoms with Crippen molar-refractivity contribution in [3.8, 4) is 11.3 Å². The zero-order chi connectivity index (χ0) is 16.9. The number of furan rings is 1. The largest absolute Gasteiger partial charge is 0.472 e. The zero-order valence-corrected chi connectivity index (χ0v) is 14.0. The van der Waals surface area contributed by atoms with Crippen molar-refractivity contribution in [2.45, 2.75) is 25.9 Å². The number of fused-ring (bicyclic) bond motifs is 1. The molecule has 0 radical (unpaired) electrons. The van der Waals surface area contributed by atoms with E-state index in [2.05, 4.69) is 14.5 Å². The summed E-state index contributed by atoms with van der Waals surface area (Å²) in [6.45, 7) is 4.15. The SMILES string of the molecule is Fc1ccc(-c2cnc3n2C[C@]2(CCN(Cc4ccoc4)C2)C3)cc1. The van der Waals surface area contributed by atoms with Gasteiger partial charge in [-0.15, -0.1) is 0 Å². The van der Waals surface area contributed by atoms with Crippen molar-refractivity contribution in [3.05, 3.63) is 66.3 Å². The molecule has 0 amide bonds. The topological polar surface area (TPSA) is 34.2 Å². The van der Waals surface area contributed by atoms with Gasteiger partial charge in [-0.3, -0.25) is 4.90 Å². The summed E-state index contributed by atoms with van der Waals surface area (Å²) >= 11 is 0. The number of hydrogen-bond donors (Lipinski definition) is 0. The van der Waals surface area contributed by atoms with E-state index in [0.717, 1.165) is 49.7 Å². The fourth-order valence-electron chi connectivity index (χ4n) is 4.39. The molecule has 0 unspecified atom stereocenters. The van der Waals surface area contributed by atoms with Crippen molar-refractivity contribution in [2.24, 2.45) is 5.41 Å². The summed E-state index contributed by atoms with van der Waals surface area (Å²) in [5.41, 5.74) is 3.65. The fourth-order valence-corrected chi connectivity index (χ4v) is 4.39. The first-order valence-corrected chi connectivity index (χ1v) is 8.75. The predicted octanol–water partition coefficient (Wildman–Crippen LogP) is 3.73. The maximum Gasteiger partial charge on any atom is 0.123 e. The van der Waals surface area contributed by atoms with Gasteiger partial charge in [-0.25, -0.2) is 9.37 Å². The van der Waals surface area contributed by atoms with Crippen molar-refractivity contribution < 1.29 is 8.81 Å². The molecule has 1 spiro atoms. The van der Waals surface area contributed by atoms with E-state index >= 15 is 0 Å². The molecule has 128 valence electrons. The molecule has 2 aliphatic heterocycles. The van der Waals surface area contributed by atoms with Gasteiger partial charge in [0, 0.05) is 37.0 Å². The van der Waals surface area contributed by atoms with E-state index in [1.165, 1.54) is 24.1 Å². The number of imidazole rings is 1. The smallest absolute Gasteiger partial charge is 0.123 e. The number of hydrogen-bond acceptors (Lipinski definition) is 3. The molecule has 3 aromatic rings. The van der Waals surface area contributed by atoms with Gasteiger partial charge in [-0.1, -0.05) is 0 Å². The fraction of sp³-hybridized carbons (Fsp3) is 0.350. The van der Waals surface area contributed by atoms with Crippen molar-refractivity contribution in [1.82, 2.24) is 14.5 Å². The second-order valence-electron chi connectivity index (χ2n) is 7.42. The second-order valence-corrected chi connectivity index (χ2v) is 7.42. The highest BCUT2D eigenvalue weighted by atomic mass is 19.1. The number of rotatable bonds is 3. The molecule has 0 aliphatic carbocycles. The lowest BCUT2D eigenvalue weighted by molar-refractivity contribution is 0.247. The minimum absolute atomic E-state index is 0.202. The van der Waals surface area contributed by atoms with Crippen LogP contribution in [0.3, 0.4) is 0 Å². The number of likely N-dealkylation sites (tertiary alicyclic amines) is 1. The molecule has 5 heteroatoms. The van der Waals surface area contributed by atoms with Crippen LogP contribution in [0.5, 0.6) is 0 Å². The zero-order valence-electron chi connectivity index (χ0n) is 14.0. The molecule has 5 rings (SSSR count). The van der Waals surface area contributed by atoms with Gasteiger partial charge in [-0.05, 0) is 48.9 Å². The van der Waals surface area contributed by atoms with Crippen molar-refractivity contribution in [1.29, 1.82) is 0 Å². The van der Waals surface area contributed by atoms with Crippen LogP contribution in [-0.2, 0) is 19.5 Å². The van der Waals surface area contributed by atoms with E-state index in [1.54, 1.807) is 6.26 Å². The molecular weight excluding hydrogens is 317 g/mol. The molecule has 1 atom stereocenters. The lowest BCUT2D eigenvalue weighted by Gasteiger charge is -2.23. The molecule has 4 heterocycles. The van der Waals surface area contributed by atoms with Gasteiger partial charge < -0.3 is 8.98 Å². The second kappa shape index (κ2) is 5.56. The summed E-state index contributed by atoms with van der Waals surface area (Å²) in [6.07, 6.45) is 7.71. The molecule has 0 bridgehead atoms. The van der Waals surface area contributed by atoms with Crippen molar-refractivity contribution >= 4 is 0 Å². The van der Waals surface area contributed by atoms with Crippen LogP contribution in [-0.4, -0.2) is 27.5 Å². The highest BCUT2D eigenvalue weighted by Gasteiger charge is 2.44. The third-order valence-corrected chi connectivity index (χ3v) is 5.61. The Balaban J connectivity index is 1.36. The molecule has 0 saturated carbocycles. The third-order valence-electron chi connectivity index (χ3n) is 5.61. The van der Waals surface area contributed by atoms with Crippen LogP contribution in [0.2, 0.25) is 0 Å². The molecule has 2 aromatic heterocycles. The van der Waals surface area contributed by atoms with Crippen LogP contribution >= 0.6 is 0 Å². The average Bonchev–Trinajstić information content (AvgIpc) is 3.36. The minimum Gasteiger partial charge on any atom is -0.472 e. The van der Waals surface area contributed by atoms with Crippen molar-refractivity contribution in [2.75, 3.05) is 13.1 Å². The molecule has 0 N–H and O–H groups in total. The van der Waals surface area contributed by atoms with Crippen molar-refractivity contribution in [3.63, 3.8) is 0 Å². The lowest BCUT2D eigenvalue weighted by Crippen LogP contribution is -2.28. The average molecular weight is 337 g/mol. The maximum absolute atomic E-state index is 13.2. The van der Waals surface area contributed by atoms with E-state index in [0.29, 0.717) is 0 Å². The van der Waals surface area contributed by atoms with E-state index in [1.807, 2.05) is 30.7 Å². The van der Waals surface area contributed by atoms with Crippen LogP contribution in [0, 0.1) is 11.2 Å². The number of nitrogens with zero attached hydrogens (tertiary/aromatic N) is 3. The lowest BCUT2D eigenvalue weighted by atomic mass is 9.86. The summed E-state index contributed by atoms with van der Waals surface area (Å²) in [5, 5.41) is 0. The van der Waals surface area contributed by atoms with E-state index in [-0.39, 0.29) is 11.2 Å². The number of halogens is 1. The van der Waals surface area contributed by atoms with Gasteiger partial charge in [0.2, 0.25) is 0 Å². The molecular formula is C20H20FN3O. The van der Waals surface area contributed by atoms with Gasteiger partial charge in [0.05, 0.1) is 24.4 Å². The van der Waals surface area contributed by atoms with Crippen LogP contribution < -0.4 is 0 Å². The molecule has 1 aromatic carbocycles. The van der Waals surface area contributed by atoms with E-state index in [9.17, 15) is 4.39 Å². The monoisotopic (exact) mass is 337 g/mol. The number of aromatic nitrogens is 2. The maximum atomic E-state index is 13.2. The summed E-state index contributed by atoms with van der Waals surface area (Å²) in [5.74, 6) is 0.955.